The van der Waals surface area contributed by atoms with Gasteiger partial charge in [-0.15, -0.1) is 0 Å². The van der Waals surface area contributed by atoms with Gasteiger partial charge in [0.05, 0.1) is 17.1 Å². The maximum atomic E-state index is 12.3. The van der Waals surface area contributed by atoms with Gasteiger partial charge < -0.3 is 14.0 Å². The Morgan fingerprint density at radius 2 is 2.07 bits per heavy atom. The number of non-ortho nitro benzene ring substituents is 1. The van der Waals surface area contributed by atoms with Crippen molar-refractivity contribution in [3.05, 3.63) is 69.1 Å². The second kappa shape index (κ2) is 7.83. The quantitative estimate of drug-likeness (QED) is 0.356. The fourth-order valence-electron chi connectivity index (χ4n) is 2.24. The van der Waals surface area contributed by atoms with Gasteiger partial charge in [-0.05, 0) is 18.2 Å². The number of methoxy groups -OCH3 is 1. The second-order valence-electron chi connectivity index (χ2n) is 5.21. The van der Waals surface area contributed by atoms with Gasteiger partial charge in [-0.2, -0.15) is 4.98 Å². The highest BCUT2D eigenvalue weighted by molar-refractivity contribution is 6.33. The van der Waals surface area contributed by atoms with Crippen LogP contribution in [0.15, 0.2) is 47.0 Å². The molecule has 3 aromatic rings. The van der Waals surface area contributed by atoms with Crippen molar-refractivity contribution in [1.29, 1.82) is 0 Å². The summed E-state index contributed by atoms with van der Waals surface area (Å²) < 4.78 is 15.2. The molecule has 9 nitrogen and oxygen atoms in total. The van der Waals surface area contributed by atoms with Crippen LogP contribution in [0, 0.1) is 10.1 Å². The molecule has 27 heavy (non-hydrogen) atoms. The first-order chi connectivity index (χ1) is 13.0. The molecule has 0 bridgehead atoms. The molecule has 138 valence electrons. The molecule has 0 aliphatic carbocycles. The molecule has 0 unspecified atom stereocenters. The van der Waals surface area contributed by atoms with Gasteiger partial charge in [0.15, 0.2) is 6.61 Å². The summed E-state index contributed by atoms with van der Waals surface area (Å²) in [6.07, 6.45) is 0. The Hall–Kier alpha value is -3.46. The lowest BCUT2D eigenvalue weighted by molar-refractivity contribution is -0.384. The fraction of sp³-hybridized carbons (Fsp3) is 0.118. The molecule has 0 radical (unpaired) electrons. The number of nitro benzene ring substituents is 1. The molecule has 0 spiro atoms. The van der Waals surface area contributed by atoms with E-state index in [-0.39, 0.29) is 35.3 Å². The first-order valence-electron chi connectivity index (χ1n) is 7.56. The Kier molecular flexibility index (Phi) is 5.32. The Balaban J connectivity index is 1.74. The first kappa shape index (κ1) is 18.3. The molecular formula is C17H12ClN3O6. The summed E-state index contributed by atoms with van der Waals surface area (Å²) in [5.41, 5.74) is 0.222. The number of rotatable bonds is 6. The largest absolute Gasteiger partial charge is 0.496 e. The zero-order valence-electron chi connectivity index (χ0n) is 13.9. The highest BCUT2D eigenvalue weighted by Crippen LogP contribution is 2.26. The van der Waals surface area contributed by atoms with E-state index in [2.05, 4.69) is 10.1 Å². The zero-order valence-corrected chi connectivity index (χ0v) is 14.7. The van der Waals surface area contributed by atoms with Crippen molar-refractivity contribution >= 4 is 23.3 Å². The van der Waals surface area contributed by atoms with Gasteiger partial charge in [0.2, 0.25) is 5.82 Å². The maximum absolute atomic E-state index is 12.3. The lowest BCUT2D eigenvalue weighted by Crippen LogP contribution is -2.08. The predicted octanol–water partition coefficient (Wildman–Crippen LogP) is 3.66. The number of hydrogen-bond donors (Lipinski definition) is 0. The topological polar surface area (TPSA) is 118 Å². The standard InChI is InChI=1S/C17H12ClN3O6/c1-25-14-7-6-10(21(23)24)8-12(14)17(22)26-9-15-19-16(20-27-15)11-4-2-3-5-13(11)18/h2-8H,9H2,1H3. The summed E-state index contributed by atoms with van der Waals surface area (Å²) in [4.78, 5) is 26.7. The molecule has 0 N–H and O–H groups in total. The third kappa shape index (κ3) is 4.04. The van der Waals surface area contributed by atoms with Crippen LogP contribution in [0.25, 0.3) is 11.4 Å². The average molecular weight is 390 g/mol. The van der Waals surface area contributed by atoms with Crippen molar-refractivity contribution in [2.45, 2.75) is 6.61 Å². The van der Waals surface area contributed by atoms with E-state index in [1.165, 1.54) is 19.2 Å². The van der Waals surface area contributed by atoms with Crippen LogP contribution >= 0.6 is 11.6 Å². The molecule has 0 saturated carbocycles. The van der Waals surface area contributed by atoms with E-state index >= 15 is 0 Å². The van der Waals surface area contributed by atoms with Gasteiger partial charge in [-0.25, -0.2) is 4.79 Å². The Labute approximate surface area is 157 Å². The van der Waals surface area contributed by atoms with E-state index in [0.717, 1.165) is 6.07 Å². The molecule has 3 rings (SSSR count). The minimum atomic E-state index is -0.826. The smallest absolute Gasteiger partial charge is 0.342 e. The lowest BCUT2D eigenvalue weighted by Gasteiger charge is -2.07. The molecule has 2 aromatic carbocycles. The van der Waals surface area contributed by atoms with Crippen molar-refractivity contribution in [1.82, 2.24) is 10.1 Å². The number of ether oxygens (including phenoxy) is 2. The molecule has 0 atom stereocenters. The fourth-order valence-corrected chi connectivity index (χ4v) is 2.46. The van der Waals surface area contributed by atoms with E-state index in [1.54, 1.807) is 24.3 Å². The molecule has 1 aromatic heterocycles. The number of hydrogen-bond acceptors (Lipinski definition) is 8. The van der Waals surface area contributed by atoms with Gasteiger partial charge in [0.25, 0.3) is 11.6 Å². The number of carbonyl (C=O) groups is 1. The van der Waals surface area contributed by atoms with Crippen LogP contribution in [0.4, 0.5) is 5.69 Å². The predicted molar refractivity (Wildman–Crippen MR) is 93.5 cm³/mol. The molecule has 1 heterocycles. The Morgan fingerprint density at radius 1 is 1.30 bits per heavy atom. The molecule has 0 amide bonds. The van der Waals surface area contributed by atoms with Crippen LogP contribution in [-0.2, 0) is 11.3 Å². The van der Waals surface area contributed by atoms with Crippen molar-refractivity contribution in [3.63, 3.8) is 0 Å². The number of carbonyl (C=O) groups excluding carboxylic acids is 1. The van der Waals surface area contributed by atoms with Crippen LogP contribution in [-0.4, -0.2) is 28.1 Å². The summed E-state index contributed by atoms with van der Waals surface area (Å²) in [5.74, 6) is -0.386. The third-order valence-electron chi connectivity index (χ3n) is 3.52. The van der Waals surface area contributed by atoms with Crippen LogP contribution in [0.3, 0.4) is 0 Å². The van der Waals surface area contributed by atoms with Crippen LogP contribution in [0.2, 0.25) is 5.02 Å². The summed E-state index contributed by atoms with van der Waals surface area (Å²) in [6.45, 7) is -0.317. The van der Waals surface area contributed by atoms with E-state index < -0.39 is 10.9 Å². The van der Waals surface area contributed by atoms with Gasteiger partial charge >= 0.3 is 5.97 Å². The first-order valence-corrected chi connectivity index (χ1v) is 7.94. The third-order valence-corrected chi connectivity index (χ3v) is 3.85. The number of nitrogens with zero attached hydrogens (tertiary/aromatic N) is 3. The highest BCUT2D eigenvalue weighted by Gasteiger charge is 2.20. The van der Waals surface area contributed by atoms with Crippen molar-refractivity contribution < 1.29 is 23.7 Å². The summed E-state index contributed by atoms with van der Waals surface area (Å²) in [5, 5.41) is 15.1. The SMILES string of the molecule is COc1ccc([N+](=O)[O-])cc1C(=O)OCc1nc(-c2ccccc2Cl)no1. The minimum Gasteiger partial charge on any atom is -0.496 e. The van der Waals surface area contributed by atoms with Crippen molar-refractivity contribution in [2.75, 3.05) is 7.11 Å². The number of nitro groups is 1. The number of halogens is 1. The highest BCUT2D eigenvalue weighted by atomic mass is 35.5. The summed E-state index contributed by atoms with van der Waals surface area (Å²) >= 11 is 6.07. The van der Waals surface area contributed by atoms with Gasteiger partial charge in [-0.1, -0.05) is 28.9 Å². The lowest BCUT2D eigenvalue weighted by atomic mass is 10.2. The molecule has 0 aliphatic rings. The summed E-state index contributed by atoms with van der Waals surface area (Å²) in [6, 6.07) is 10.6. The van der Waals surface area contributed by atoms with E-state index in [9.17, 15) is 14.9 Å². The van der Waals surface area contributed by atoms with Crippen molar-refractivity contribution in [3.8, 4) is 17.1 Å². The minimum absolute atomic E-state index is 0.0441. The van der Waals surface area contributed by atoms with E-state index in [4.69, 9.17) is 25.6 Å². The van der Waals surface area contributed by atoms with Gasteiger partial charge in [0, 0.05) is 17.7 Å². The van der Waals surface area contributed by atoms with Crippen molar-refractivity contribution in [2.24, 2.45) is 0 Å². The monoisotopic (exact) mass is 389 g/mol. The molecule has 0 saturated heterocycles. The zero-order chi connectivity index (χ0) is 19.4. The summed E-state index contributed by atoms with van der Waals surface area (Å²) in [7, 11) is 1.34. The maximum Gasteiger partial charge on any atom is 0.342 e. The van der Waals surface area contributed by atoms with Gasteiger partial charge in [0.1, 0.15) is 11.3 Å². The molecule has 10 heteroatoms. The molecular weight excluding hydrogens is 378 g/mol. The van der Waals surface area contributed by atoms with Crippen LogP contribution in [0.5, 0.6) is 5.75 Å². The Bertz CT molecular complexity index is 1000. The number of aromatic nitrogens is 2. The van der Waals surface area contributed by atoms with E-state index in [0.29, 0.717) is 10.6 Å². The normalized spacial score (nSPS) is 10.4. The average Bonchev–Trinajstić information content (AvgIpc) is 3.14. The molecule has 0 aliphatic heterocycles. The van der Waals surface area contributed by atoms with Crippen LogP contribution < -0.4 is 4.74 Å². The van der Waals surface area contributed by atoms with Gasteiger partial charge in [-0.3, -0.25) is 10.1 Å². The van der Waals surface area contributed by atoms with Crippen LogP contribution in [0.1, 0.15) is 16.2 Å². The molecule has 0 fully saturated rings. The van der Waals surface area contributed by atoms with E-state index in [1.807, 2.05) is 0 Å². The second-order valence-corrected chi connectivity index (χ2v) is 5.62. The number of esters is 1. The Morgan fingerprint density at radius 3 is 2.78 bits per heavy atom. The number of benzene rings is 2.